The molecule has 1 atom stereocenters. The lowest BCUT2D eigenvalue weighted by Gasteiger charge is -2.13. The van der Waals surface area contributed by atoms with E-state index in [1.165, 1.54) is 23.5 Å². The number of nitrogens with two attached hydrogens (primary N) is 1. The number of nitrogens with one attached hydrogen (secondary N) is 1. The van der Waals surface area contributed by atoms with Crippen LogP contribution in [0.1, 0.15) is 11.7 Å². The first-order valence-electron chi connectivity index (χ1n) is 5.65. The van der Waals surface area contributed by atoms with E-state index in [9.17, 15) is 13.5 Å². The molecule has 108 valence electrons. The Morgan fingerprint density at radius 3 is 2.75 bits per heavy atom. The highest BCUT2D eigenvalue weighted by atomic mass is 35.5. The van der Waals surface area contributed by atoms with Crippen LogP contribution in [0.3, 0.4) is 0 Å². The van der Waals surface area contributed by atoms with Gasteiger partial charge in [-0.2, -0.15) is 11.3 Å². The van der Waals surface area contributed by atoms with Crippen LogP contribution in [0.4, 0.5) is 5.69 Å². The fourth-order valence-corrected chi connectivity index (χ4v) is 4.07. The van der Waals surface area contributed by atoms with Gasteiger partial charge in [-0.1, -0.05) is 17.7 Å². The number of benzene rings is 1. The number of aliphatic hydroxyl groups is 1. The van der Waals surface area contributed by atoms with Crippen LogP contribution in [0, 0.1) is 0 Å². The number of hydrogen-bond acceptors (Lipinski definition) is 5. The van der Waals surface area contributed by atoms with E-state index in [0.717, 1.165) is 0 Å². The molecular formula is C12H13ClN2O3S2. The first-order valence-corrected chi connectivity index (χ1v) is 8.46. The summed E-state index contributed by atoms with van der Waals surface area (Å²) in [6.45, 7) is -0.149. The minimum atomic E-state index is -3.87. The molecule has 1 aromatic heterocycles. The van der Waals surface area contributed by atoms with Gasteiger partial charge in [-0.05, 0) is 34.5 Å². The van der Waals surface area contributed by atoms with Crippen molar-refractivity contribution in [1.82, 2.24) is 4.72 Å². The zero-order valence-corrected chi connectivity index (χ0v) is 12.7. The van der Waals surface area contributed by atoms with Crippen LogP contribution in [-0.2, 0) is 10.0 Å². The molecule has 1 aromatic carbocycles. The molecule has 0 aliphatic rings. The molecule has 0 aliphatic carbocycles. The van der Waals surface area contributed by atoms with E-state index >= 15 is 0 Å². The quantitative estimate of drug-likeness (QED) is 0.730. The first-order chi connectivity index (χ1) is 9.42. The van der Waals surface area contributed by atoms with Gasteiger partial charge < -0.3 is 10.8 Å². The summed E-state index contributed by atoms with van der Waals surface area (Å²) in [5.74, 6) is 0. The lowest BCUT2D eigenvalue weighted by molar-refractivity contribution is 0.182. The maximum atomic E-state index is 12.2. The van der Waals surface area contributed by atoms with E-state index in [1.54, 1.807) is 22.9 Å². The minimum absolute atomic E-state index is 0.0440. The number of anilines is 1. The molecule has 0 radical (unpaired) electrons. The molecule has 0 spiro atoms. The van der Waals surface area contributed by atoms with Gasteiger partial charge in [0.25, 0.3) is 0 Å². The van der Waals surface area contributed by atoms with Crippen molar-refractivity contribution in [2.45, 2.75) is 11.0 Å². The van der Waals surface area contributed by atoms with Gasteiger partial charge in [-0.25, -0.2) is 13.1 Å². The maximum absolute atomic E-state index is 12.2. The minimum Gasteiger partial charge on any atom is -0.398 e. The Hall–Kier alpha value is -1.12. The molecule has 0 amide bonds. The van der Waals surface area contributed by atoms with E-state index in [1.807, 2.05) is 0 Å². The number of hydrogen-bond donors (Lipinski definition) is 3. The smallest absolute Gasteiger partial charge is 0.244 e. The molecule has 8 heteroatoms. The third-order valence-electron chi connectivity index (χ3n) is 2.66. The second-order valence-corrected chi connectivity index (χ2v) is 6.97. The number of rotatable bonds is 5. The fraction of sp³-hybridized carbons (Fsp3) is 0.167. The lowest BCUT2D eigenvalue weighted by Crippen LogP contribution is -2.29. The second kappa shape index (κ2) is 6.11. The molecule has 5 nitrogen and oxygen atoms in total. The SMILES string of the molecule is Nc1cccc(Cl)c1S(=O)(=O)NCC(O)c1ccsc1. The van der Waals surface area contributed by atoms with Crippen molar-refractivity contribution in [2.24, 2.45) is 0 Å². The molecule has 20 heavy (non-hydrogen) atoms. The molecular weight excluding hydrogens is 320 g/mol. The number of nitrogen functional groups attached to an aromatic ring is 1. The molecule has 2 aromatic rings. The van der Waals surface area contributed by atoms with Gasteiger partial charge in [0, 0.05) is 6.54 Å². The number of thiophene rings is 1. The second-order valence-electron chi connectivity index (χ2n) is 4.08. The Bertz CT molecular complexity index is 666. The van der Waals surface area contributed by atoms with Gasteiger partial charge in [0.15, 0.2) is 0 Å². The molecule has 1 unspecified atom stereocenters. The average Bonchev–Trinajstić information content (AvgIpc) is 2.89. The molecule has 1 heterocycles. The zero-order chi connectivity index (χ0) is 14.8. The number of sulfonamides is 1. The molecule has 2 rings (SSSR count). The van der Waals surface area contributed by atoms with E-state index in [-0.39, 0.29) is 22.2 Å². The van der Waals surface area contributed by atoms with E-state index in [0.29, 0.717) is 5.56 Å². The molecule has 0 fully saturated rings. The van der Waals surface area contributed by atoms with E-state index in [4.69, 9.17) is 17.3 Å². The molecule has 0 aliphatic heterocycles. The van der Waals surface area contributed by atoms with Crippen molar-refractivity contribution in [3.8, 4) is 0 Å². The zero-order valence-electron chi connectivity index (χ0n) is 10.3. The van der Waals surface area contributed by atoms with Gasteiger partial charge in [-0.3, -0.25) is 0 Å². The van der Waals surface area contributed by atoms with Crippen molar-refractivity contribution in [1.29, 1.82) is 0 Å². The van der Waals surface area contributed by atoms with Crippen LogP contribution in [0.2, 0.25) is 5.02 Å². The third-order valence-corrected chi connectivity index (χ3v) is 5.33. The van der Waals surface area contributed by atoms with E-state index in [2.05, 4.69) is 4.72 Å². The highest BCUT2D eigenvalue weighted by Crippen LogP contribution is 2.27. The van der Waals surface area contributed by atoms with Crippen LogP contribution < -0.4 is 10.5 Å². The van der Waals surface area contributed by atoms with Crippen LogP contribution in [0.25, 0.3) is 0 Å². The fourth-order valence-electron chi connectivity index (χ4n) is 1.65. The molecule has 0 saturated carbocycles. The first kappa shape index (κ1) is 15.3. The predicted molar refractivity (Wildman–Crippen MR) is 80.3 cm³/mol. The lowest BCUT2D eigenvalue weighted by atomic mass is 10.2. The molecule has 4 N–H and O–H groups in total. The van der Waals surface area contributed by atoms with Crippen LogP contribution in [-0.4, -0.2) is 20.1 Å². The summed E-state index contributed by atoms with van der Waals surface area (Å²) in [6, 6.07) is 6.20. The average molecular weight is 333 g/mol. The molecule has 0 bridgehead atoms. The predicted octanol–water partition coefficient (Wildman–Crippen LogP) is 2.00. The highest BCUT2D eigenvalue weighted by Gasteiger charge is 2.22. The Kier molecular flexibility index (Phi) is 4.66. The van der Waals surface area contributed by atoms with Crippen LogP contribution in [0.15, 0.2) is 39.9 Å². The Morgan fingerprint density at radius 1 is 1.40 bits per heavy atom. The Labute approximate surface area is 126 Å². The van der Waals surface area contributed by atoms with Crippen molar-refractivity contribution in [3.05, 3.63) is 45.6 Å². The number of halogens is 1. The molecule has 0 saturated heterocycles. The summed E-state index contributed by atoms with van der Waals surface area (Å²) in [4.78, 5) is -0.167. The third kappa shape index (κ3) is 3.31. The van der Waals surface area contributed by atoms with Crippen LogP contribution in [0.5, 0.6) is 0 Å². The van der Waals surface area contributed by atoms with Crippen LogP contribution >= 0.6 is 22.9 Å². The van der Waals surface area contributed by atoms with Crippen molar-refractivity contribution in [2.75, 3.05) is 12.3 Å². The summed E-state index contributed by atoms with van der Waals surface area (Å²) in [7, 11) is -3.87. The highest BCUT2D eigenvalue weighted by molar-refractivity contribution is 7.89. The topological polar surface area (TPSA) is 92.4 Å². The van der Waals surface area contributed by atoms with Gasteiger partial charge in [0.05, 0.1) is 16.8 Å². The summed E-state index contributed by atoms with van der Waals surface area (Å²) in [6.07, 6.45) is -0.917. The van der Waals surface area contributed by atoms with Gasteiger partial charge in [0.1, 0.15) is 4.90 Å². The standard InChI is InChI=1S/C12H13ClN2O3S2/c13-9-2-1-3-10(14)12(9)20(17,18)15-6-11(16)8-4-5-19-7-8/h1-5,7,11,15-16H,6,14H2. The summed E-state index contributed by atoms with van der Waals surface area (Å²) < 4.78 is 26.6. The Balaban J connectivity index is 2.16. The normalized spacial score (nSPS) is 13.3. The summed E-state index contributed by atoms with van der Waals surface area (Å²) in [5.41, 5.74) is 6.37. The van der Waals surface area contributed by atoms with Crippen molar-refractivity contribution < 1.29 is 13.5 Å². The van der Waals surface area contributed by atoms with E-state index < -0.39 is 16.1 Å². The monoisotopic (exact) mass is 332 g/mol. The Morgan fingerprint density at radius 2 is 2.15 bits per heavy atom. The largest absolute Gasteiger partial charge is 0.398 e. The van der Waals surface area contributed by atoms with Gasteiger partial charge in [-0.15, -0.1) is 0 Å². The van der Waals surface area contributed by atoms with Gasteiger partial charge >= 0.3 is 0 Å². The summed E-state index contributed by atoms with van der Waals surface area (Å²) in [5, 5.41) is 13.5. The van der Waals surface area contributed by atoms with Gasteiger partial charge in [0.2, 0.25) is 10.0 Å². The van der Waals surface area contributed by atoms with Crippen molar-refractivity contribution in [3.63, 3.8) is 0 Å². The number of aliphatic hydroxyl groups excluding tert-OH is 1. The maximum Gasteiger partial charge on any atom is 0.244 e. The summed E-state index contributed by atoms with van der Waals surface area (Å²) >= 11 is 7.29. The van der Waals surface area contributed by atoms with Crippen molar-refractivity contribution >= 4 is 38.6 Å².